The molecule has 14 heteroatoms. The molecule has 33 heavy (non-hydrogen) atoms. The molecule has 0 bridgehead atoms. The van der Waals surface area contributed by atoms with Crippen LogP contribution in [0.25, 0.3) is 0 Å². The van der Waals surface area contributed by atoms with E-state index in [1.807, 2.05) is 4.98 Å². The number of carbonyl (C=O) groups is 1. The third kappa shape index (κ3) is 5.58. The van der Waals surface area contributed by atoms with Gasteiger partial charge in [0.1, 0.15) is 29.6 Å². The van der Waals surface area contributed by atoms with E-state index in [-0.39, 0.29) is 5.75 Å². The van der Waals surface area contributed by atoms with Crippen molar-refractivity contribution >= 4 is 13.7 Å². The minimum atomic E-state index is -4.58. The maximum atomic E-state index is 13.4. The number of aromatic amines is 1. The van der Waals surface area contributed by atoms with Gasteiger partial charge >= 0.3 is 19.4 Å². The van der Waals surface area contributed by atoms with Gasteiger partial charge in [0.25, 0.3) is 5.56 Å². The number of rotatable bonds is 9. The van der Waals surface area contributed by atoms with E-state index in [0.717, 1.165) is 20.0 Å². The highest BCUT2D eigenvalue weighted by molar-refractivity contribution is 7.52. The molecule has 1 aromatic heterocycles. The van der Waals surface area contributed by atoms with Gasteiger partial charge in [0, 0.05) is 12.2 Å². The van der Waals surface area contributed by atoms with Crippen LogP contribution in [0.3, 0.4) is 0 Å². The number of nitrogens with one attached hydrogen (secondary N) is 2. The largest absolute Gasteiger partial charge is 0.480 e. The Morgan fingerprint density at radius 3 is 2.76 bits per heavy atom. The maximum absolute atomic E-state index is 13.4. The number of aromatic nitrogens is 2. The van der Waals surface area contributed by atoms with Crippen molar-refractivity contribution in [3.63, 3.8) is 0 Å². The van der Waals surface area contributed by atoms with Crippen LogP contribution in [-0.2, 0) is 18.6 Å². The topological polar surface area (TPSA) is 189 Å². The first kappa shape index (κ1) is 22.0. The Morgan fingerprint density at radius 1 is 1.45 bits per heavy atom. The molecule has 13 nitrogen and oxygen atoms in total. The summed E-state index contributed by atoms with van der Waals surface area (Å²) in [5.41, 5.74) is -4.27. The molecule has 5 N–H and O–H groups in total. The van der Waals surface area contributed by atoms with Crippen molar-refractivity contribution in [3.8, 4) is 5.75 Å². The summed E-state index contributed by atoms with van der Waals surface area (Å²) in [7, 11) is -4.58. The molecule has 2 unspecified atom stereocenters. The molecule has 7 atom stereocenters. The van der Waals surface area contributed by atoms with Gasteiger partial charge in [-0.1, -0.05) is 18.2 Å². The molecule has 180 valence electrons. The Kier molecular flexibility index (Phi) is 6.40. The number of benzene rings is 1. The standard InChI is InChI=1S/C19H24N3O10P/c1-11(16(25)26)21-33(29,32-12-6-4-3-5-7-12)30-10-13-15(24)19(2,28)17(31-13)22-9-8-14(23)20-18(22)27/h3-9,11,13,15,17,24,28H,10H2,1-2H3,(H,21,29)(H,25,26)(H,20,23,27)/t11?,13-,15-,17-,19-,33?/m1/s1/i8D,10D/t10-,11?,13+,15+,17+,19+,33?/m0. The molecule has 0 spiro atoms. The predicted molar refractivity (Wildman–Crippen MR) is 113 cm³/mol. The van der Waals surface area contributed by atoms with Gasteiger partial charge in [-0.15, -0.1) is 0 Å². The zero-order valence-electron chi connectivity index (χ0n) is 19.4. The minimum Gasteiger partial charge on any atom is -0.480 e. The quantitative estimate of drug-likeness (QED) is 0.295. The number of aliphatic hydroxyl groups excluding tert-OH is 1. The summed E-state index contributed by atoms with van der Waals surface area (Å²) >= 11 is 0. The van der Waals surface area contributed by atoms with Crippen molar-refractivity contribution in [2.45, 2.75) is 43.9 Å². The van der Waals surface area contributed by atoms with E-state index in [1.54, 1.807) is 18.2 Å². The Labute approximate surface area is 190 Å². The van der Waals surface area contributed by atoms with Crippen molar-refractivity contribution in [2.24, 2.45) is 0 Å². The summed E-state index contributed by atoms with van der Waals surface area (Å²) in [6.07, 6.45) is -4.50. The molecule has 0 radical (unpaired) electrons. The van der Waals surface area contributed by atoms with Crippen molar-refractivity contribution < 1.29 is 41.2 Å². The van der Waals surface area contributed by atoms with Gasteiger partial charge in [0.05, 0.1) is 9.32 Å². The monoisotopic (exact) mass is 487 g/mol. The average molecular weight is 487 g/mol. The van der Waals surface area contributed by atoms with Gasteiger partial charge in [-0.05, 0) is 26.0 Å². The number of nitrogens with zero attached hydrogens (tertiary/aromatic N) is 1. The number of H-pyrrole nitrogens is 1. The first-order chi connectivity index (χ1) is 16.2. The second-order valence-electron chi connectivity index (χ2n) is 7.40. The number of hydrogen-bond donors (Lipinski definition) is 5. The van der Waals surface area contributed by atoms with Crippen LogP contribution in [0.5, 0.6) is 5.75 Å². The number of aliphatic hydroxyl groups is 2. The summed E-state index contributed by atoms with van der Waals surface area (Å²) in [6, 6.07) is 5.49. The Bertz CT molecular complexity index is 1240. The normalized spacial score (nSPS) is 29.4. The molecule has 2 aromatic rings. The minimum absolute atomic E-state index is 0.0219. The molecule has 0 aliphatic carbocycles. The van der Waals surface area contributed by atoms with Gasteiger partial charge < -0.3 is 24.6 Å². The zero-order chi connectivity index (χ0) is 26.1. The van der Waals surface area contributed by atoms with Gasteiger partial charge in [-0.2, -0.15) is 5.09 Å². The highest BCUT2D eigenvalue weighted by Gasteiger charge is 2.54. The summed E-state index contributed by atoms with van der Waals surface area (Å²) in [4.78, 5) is 36.8. The lowest BCUT2D eigenvalue weighted by molar-refractivity contribution is -0.138. The van der Waals surface area contributed by atoms with Crippen molar-refractivity contribution in [2.75, 3.05) is 6.58 Å². The lowest BCUT2D eigenvalue weighted by Gasteiger charge is -2.27. The SMILES string of the molecule is [2H]c1cn([C@@H]2O[C@H]([C@H]([2H])OP(=O)(NC(C)C(=O)O)Oc3ccccc3)[C@@H](O)[C@@]2(C)O)c(=O)[nH]c1=O. The first-order valence-corrected chi connectivity index (χ1v) is 11.1. The van der Waals surface area contributed by atoms with E-state index in [4.69, 9.17) is 16.5 Å². The molecular formula is C19H24N3O10P. The molecule has 0 saturated carbocycles. The molecule has 1 aliphatic heterocycles. The number of aliphatic carboxylic acids is 1. The molecule has 1 aliphatic rings. The lowest BCUT2D eigenvalue weighted by atomic mass is 9.96. The average Bonchev–Trinajstić information content (AvgIpc) is 3.00. The summed E-state index contributed by atoms with van der Waals surface area (Å²) in [6.45, 7) is 0.216. The lowest BCUT2D eigenvalue weighted by Crippen LogP contribution is -2.47. The van der Waals surface area contributed by atoms with E-state index < -0.39 is 67.7 Å². The van der Waals surface area contributed by atoms with Crippen LogP contribution in [0.4, 0.5) is 0 Å². The van der Waals surface area contributed by atoms with E-state index in [0.29, 0.717) is 4.57 Å². The van der Waals surface area contributed by atoms with Gasteiger partial charge in [0.15, 0.2) is 6.23 Å². The Balaban J connectivity index is 1.89. The molecule has 0 amide bonds. The molecule has 1 fully saturated rings. The zero-order valence-corrected chi connectivity index (χ0v) is 18.3. The number of carboxylic acids is 1. The van der Waals surface area contributed by atoms with Crippen molar-refractivity contribution in [1.82, 2.24) is 14.6 Å². The van der Waals surface area contributed by atoms with Crippen LogP contribution in [0.15, 0.2) is 52.2 Å². The summed E-state index contributed by atoms with van der Waals surface area (Å²) in [5, 5.41) is 32.8. The number of carboxylic acid groups (broad SMARTS) is 1. The van der Waals surface area contributed by atoms with Crippen LogP contribution >= 0.6 is 7.75 Å². The maximum Gasteiger partial charge on any atom is 0.459 e. The second kappa shape index (κ2) is 9.59. The molecule has 1 aromatic carbocycles. The highest BCUT2D eigenvalue weighted by atomic mass is 31.2. The highest BCUT2D eigenvalue weighted by Crippen LogP contribution is 2.46. The Hall–Kier alpha value is -2.80. The third-order valence-electron chi connectivity index (χ3n) is 4.76. The van der Waals surface area contributed by atoms with Crippen LogP contribution in [-0.4, -0.2) is 61.3 Å². The van der Waals surface area contributed by atoms with E-state index in [9.17, 15) is 34.3 Å². The molecule has 1 saturated heterocycles. The number of hydrogen-bond acceptors (Lipinski definition) is 9. The summed E-state index contributed by atoms with van der Waals surface area (Å²) < 4.78 is 45.9. The van der Waals surface area contributed by atoms with E-state index in [2.05, 4.69) is 5.09 Å². The number of ether oxygens (including phenoxy) is 1. The van der Waals surface area contributed by atoms with Crippen LogP contribution in [0, 0.1) is 0 Å². The van der Waals surface area contributed by atoms with Crippen LogP contribution < -0.4 is 20.9 Å². The third-order valence-corrected chi connectivity index (χ3v) is 6.32. The molecular weight excluding hydrogens is 461 g/mol. The summed E-state index contributed by atoms with van der Waals surface area (Å²) in [5.74, 6) is -1.37. The molecule has 3 rings (SSSR count). The molecule has 2 heterocycles. The smallest absolute Gasteiger partial charge is 0.459 e. The fourth-order valence-corrected chi connectivity index (χ4v) is 4.40. The fourth-order valence-electron chi connectivity index (χ4n) is 2.98. The van der Waals surface area contributed by atoms with E-state index in [1.165, 1.54) is 12.1 Å². The fraction of sp³-hybridized carbons (Fsp3) is 0.421. The number of para-hydroxylation sites is 1. The van der Waals surface area contributed by atoms with E-state index >= 15 is 0 Å². The Morgan fingerprint density at radius 2 is 2.12 bits per heavy atom. The van der Waals surface area contributed by atoms with Crippen molar-refractivity contribution in [3.05, 3.63) is 63.4 Å². The van der Waals surface area contributed by atoms with Crippen LogP contribution in [0.1, 0.15) is 22.8 Å². The van der Waals surface area contributed by atoms with Crippen LogP contribution in [0.2, 0.25) is 0 Å². The van der Waals surface area contributed by atoms with Crippen molar-refractivity contribution in [1.29, 1.82) is 0 Å². The second-order valence-corrected chi connectivity index (χ2v) is 9.04. The predicted octanol–water partition coefficient (Wildman–Crippen LogP) is -0.188. The van der Waals surface area contributed by atoms with Gasteiger partial charge in [-0.3, -0.25) is 23.7 Å². The van der Waals surface area contributed by atoms with Gasteiger partial charge in [0.2, 0.25) is 0 Å². The van der Waals surface area contributed by atoms with Gasteiger partial charge in [-0.25, -0.2) is 9.36 Å². The first-order valence-electron chi connectivity index (χ1n) is 10.7.